The summed E-state index contributed by atoms with van der Waals surface area (Å²) in [4.78, 5) is 0. The fraction of sp³-hybridized carbons (Fsp3) is 0.538. The summed E-state index contributed by atoms with van der Waals surface area (Å²) in [6.45, 7) is 6.44. The van der Waals surface area contributed by atoms with Crippen molar-refractivity contribution in [1.29, 1.82) is 0 Å². The number of rotatable bonds is 4. The van der Waals surface area contributed by atoms with E-state index < -0.39 is 0 Å². The lowest BCUT2D eigenvalue weighted by atomic mass is 9.90. The molecule has 1 rings (SSSR count). The highest BCUT2D eigenvalue weighted by molar-refractivity contribution is 5.85. The van der Waals surface area contributed by atoms with Gasteiger partial charge in [-0.15, -0.1) is 12.4 Å². The van der Waals surface area contributed by atoms with Gasteiger partial charge in [-0.1, -0.05) is 26.3 Å². The molecule has 0 aliphatic rings. The second kappa shape index (κ2) is 6.77. The molecule has 16 heavy (non-hydrogen) atoms. The fourth-order valence-electron chi connectivity index (χ4n) is 1.71. The molecule has 0 fully saturated rings. The minimum Gasteiger partial charge on any atom is -0.497 e. The van der Waals surface area contributed by atoms with E-state index in [1.165, 1.54) is 11.1 Å². The molecule has 1 aromatic rings. The number of ether oxygens (including phenoxy) is 1. The van der Waals surface area contributed by atoms with E-state index in [2.05, 4.69) is 26.8 Å². The molecule has 0 saturated heterocycles. The van der Waals surface area contributed by atoms with Crippen molar-refractivity contribution < 1.29 is 4.74 Å². The van der Waals surface area contributed by atoms with Crippen LogP contribution < -0.4 is 10.5 Å². The van der Waals surface area contributed by atoms with Crippen LogP contribution in [0.3, 0.4) is 0 Å². The van der Waals surface area contributed by atoms with E-state index in [4.69, 9.17) is 10.5 Å². The predicted molar refractivity (Wildman–Crippen MR) is 71.4 cm³/mol. The van der Waals surface area contributed by atoms with Crippen molar-refractivity contribution in [2.75, 3.05) is 7.11 Å². The molecule has 0 spiro atoms. The first-order chi connectivity index (χ1) is 7.10. The van der Waals surface area contributed by atoms with Crippen molar-refractivity contribution in [2.24, 2.45) is 11.7 Å². The zero-order valence-electron chi connectivity index (χ0n) is 10.5. The molecule has 0 aliphatic carbocycles. The van der Waals surface area contributed by atoms with Crippen LogP contribution in [0.15, 0.2) is 18.2 Å². The maximum Gasteiger partial charge on any atom is 0.119 e. The lowest BCUT2D eigenvalue weighted by Crippen LogP contribution is -2.19. The van der Waals surface area contributed by atoms with Gasteiger partial charge in [-0.3, -0.25) is 0 Å². The highest BCUT2D eigenvalue weighted by Gasteiger charge is 2.15. The van der Waals surface area contributed by atoms with Gasteiger partial charge in [0.2, 0.25) is 0 Å². The second-order valence-corrected chi connectivity index (χ2v) is 4.13. The van der Waals surface area contributed by atoms with Gasteiger partial charge in [0.15, 0.2) is 0 Å². The highest BCUT2D eigenvalue weighted by atomic mass is 35.5. The Balaban J connectivity index is 0.00000225. The molecule has 0 amide bonds. The molecule has 92 valence electrons. The number of hydrogen-bond donors (Lipinski definition) is 1. The maximum atomic E-state index is 6.20. The van der Waals surface area contributed by atoms with Crippen LogP contribution in [-0.2, 0) is 0 Å². The average molecular weight is 244 g/mol. The van der Waals surface area contributed by atoms with Gasteiger partial charge in [0.1, 0.15) is 5.75 Å². The van der Waals surface area contributed by atoms with Crippen LogP contribution in [0, 0.1) is 12.8 Å². The predicted octanol–water partition coefficient (Wildman–Crippen LogP) is 3.47. The van der Waals surface area contributed by atoms with Crippen LogP contribution in [0.25, 0.3) is 0 Å². The Labute approximate surface area is 105 Å². The Hall–Kier alpha value is -0.730. The van der Waals surface area contributed by atoms with E-state index in [0.717, 1.165) is 12.2 Å². The van der Waals surface area contributed by atoms with Gasteiger partial charge in [0.25, 0.3) is 0 Å². The van der Waals surface area contributed by atoms with E-state index in [1.54, 1.807) is 7.11 Å². The monoisotopic (exact) mass is 243 g/mol. The molecule has 3 heteroatoms. The molecule has 1 unspecified atom stereocenters. The van der Waals surface area contributed by atoms with E-state index in [9.17, 15) is 0 Å². The summed E-state index contributed by atoms with van der Waals surface area (Å²) >= 11 is 0. The first kappa shape index (κ1) is 15.3. The quantitative estimate of drug-likeness (QED) is 0.879. The summed E-state index contributed by atoms with van der Waals surface area (Å²) in [7, 11) is 1.68. The third-order valence-corrected chi connectivity index (χ3v) is 3.09. The van der Waals surface area contributed by atoms with Gasteiger partial charge in [0.05, 0.1) is 7.11 Å². The molecule has 0 aliphatic heterocycles. The van der Waals surface area contributed by atoms with Crippen LogP contribution in [0.5, 0.6) is 5.75 Å². The molecule has 0 saturated carbocycles. The summed E-state index contributed by atoms with van der Waals surface area (Å²) in [5.74, 6) is 1.41. The Kier molecular flexibility index (Phi) is 6.46. The summed E-state index contributed by atoms with van der Waals surface area (Å²) in [5, 5.41) is 0. The number of methoxy groups -OCH3 is 1. The van der Waals surface area contributed by atoms with Crippen molar-refractivity contribution in [3.63, 3.8) is 0 Å². The van der Waals surface area contributed by atoms with E-state index in [1.807, 2.05) is 12.1 Å². The van der Waals surface area contributed by atoms with E-state index in [-0.39, 0.29) is 18.4 Å². The van der Waals surface area contributed by atoms with Gasteiger partial charge >= 0.3 is 0 Å². The molecule has 0 bridgehead atoms. The van der Waals surface area contributed by atoms with E-state index >= 15 is 0 Å². The SMILES string of the molecule is CCC(C)[C@H](N)c1ccc(OC)cc1C.Cl. The Morgan fingerprint density at radius 2 is 2.00 bits per heavy atom. The maximum absolute atomic E-state index is 6.20. The molecule has 2 nitrogen and oxygen atoms in total. The van der Waals surface area contributed by atoms with Crippen LogP contribution in [-0.4, -0.2) is 7.11 Å². The zero-order chi connectivity index (χ0) is 11.4. The summed E-state index contributed by atoms with van der Waals surface area (Å²) in [5.41, 5.74) is 8.64. The minimum absolute atomic E-state index is 0. The van der Waals surface area contributed by atoms with Crippen molar-refractivity contribution in [3.05, 3.63) is 29.3 Å². The molecule has 0 aromatic heterocycles. The van der Waals surface area contributed by atoms with Crippen LogP contribution in [0.2, 0.25) is 0 Å². The Morgan fingerprint density at radius 3 is 2.44 bits per heavy atom. The van der Waals surface area contributed by atoms with Crippen LogP contribution in [0.4, 0.5) is 0 Å². The highest BCUT2D eigenvalue weighted by Crippen LogP contribution is 2.27. The van der Waals surface area contributed by atoms with Crippen molar-refractivity contribution >= 4 is 12.4 Å². The topological polar surface area (TPSA) is 35.2 Å². The average Bonchev–Trinajstić information content (AvgIpc) is 2.26. The number of nitrogens with two attached hydrogens (primary N) is 1. The normalized spacial score (nSPS) is 13.8. The summed E-state index contributed by atoms with van der Waals surface area (Å²) in [6.07, 6.45) is 1.10. The Morgan fingerprint density at radius 1 is 1.38 bits per heavy atom. The van der Waals surface area contributed by atoms with Crippen molar-refractivity contribution in [3.8, 4) is 5.75 Å². The molecule has 2 atom stereocenters. The molecular weight excluding hydrogens is 222 g/mol. The van der Waals surface area contributed by atoms with Gasteiger partial charge in [-0.25, -0.2) is 0 Å². The summed E-state index contributed by atoms with van der Waals surface area (Å²) < 4.78 is 5.18. The zero-order valence-corrected chi connectivity index (χ0v) is 11.3. The van der Waals surface area contributed by atoms with Crippen molar-refractivity contribution in [1.82, 2.24) is 0 Å². The second-order valence-electron chi connectivity index (χ2n) is 4.13. The number of hydrogen-bond acceptors (Lipinski definition) is 2. The first-order valence-electron chi connectivity index (χ1n) is 5.50. The molecular formula is C13H22ClNO. The van der Waals surface area contributed by atoms with Crippen LogP contribution in [0.1, 0.15) is 37.4 Å². The van der Waals surface area contributed by atoms with Gasteiger partial charge in [-0.05, 0) is 36.1 Å². The first-order valence-corrected chi connectivity index (χ1v) is 5.50. The molecule has 2 N–H and O–H groups in total. The lowest BCUT2D eigenvalue weighted by Gasteiger charge is -2.21. The smallest absolute Gasteiger partial charge is 0.119 e. The van der Waals surface area contributed by atoms with Gasteiger partial charge in [0, 0.05) is 6.04 Å². The standard InChI is InChI=1S/C13H21NO.ClH/c1-5-9(2)13(14)12-7-6-11(15-4)8-10(12)3;/h6-9,13H,5,14H2,1-4H3;1H/t9?,13-;/m0./s1. The minimum atomic E-state index is 0. The fourth-order valence-corrected chi connectivity index (χ4v) is 1.71. The van der Waals surface area contributed by atoms with E-state index in [0.29, 0.717) is 5.92 Å². The van der Waals surface area contributed by atoms with Gasteiger partial charge in [-0.2, -0.15) is 0 Å². The molecule has 1 aromatic carbocycles. The molecule has 0 heterocycles. The van der Waals surface area contributed by atoms with Crippen LogP contribution >= 0.6 is 12.4 Å². The number of aryl methyl sites for hydroxylation is 1. The largest absolute Gasteiger partial charge is 0.497 e. The Bertz CT molecular complexity index is 328. The third kappa shape index (κ3) is 3.39. The molecule has 0 radical (unpaired) electrons. The van der Waals surface area contributed by atoms with Crippen molar-refractivity contribution in [2.45, 2.75) is 33.2 Å². The summed E-state index contributed by atoms with van der Waals surface area (Å²) in [6, 6.07) is 6.22. The number of halogens is 1. The van der Waals surface area contributed by atoms with Gasteiger partial charge < -0.3 is 10.5 Å². The lowest BCUT2D eigenvalue weighted by molar-refractivity contribution is 0.413. The number of benzene rings is 1. The third-order valence-electron chi connectivity index (χ3n) is 3.09.